The molecule has 0 aliphatic carbocycles. The summed E-state index contributed by atoms with van der Waals surface area (Å²) in [6.45, 7) is 12.2. The van der Waals surface area contributed by atoms with Crippen molar-refractivity contribution in [1.29, 1.82) is 0 Å². The summed E-state index contributed by atoms with van der Waals surface area (Å²) >= 11 is 0. The van der Waals surface area contributed by atoms with Gasteiger partial charge in [0, 0.05) is 6.92 Å². The molecule has 0 aromatic rings. The second-order valence-electron chi connectivity index (χ2n) is 2.67. The molecule has 0 amide bonds. The number of hydrogen-bond acceptors (Lipinski definition) is 3. The molecule has 0 bridgehead atoms. The van der Waals surface area contributed by atoms with Crippen molar-refractivity contribution in [1.82, 2.24) is 0 Å². The summed E-state index contributed by atoms with van der Waals surface area (Å²) in [5.74, 6) is -1.05. The monoisotopic (exact) mass is 173 g/mol. The third kappa shape index (κ3) is 4.36. The molecule has 0 aliphatic rings. The lowest BCUT2D eigenvalue weighted by atomic mass is 10.4. The molecule has 0 N–H and O–H groups in total. The van der Waals surface area contributed by atoms with Crippen LogP contribution in [0.5, 0.6) is 0 Å². The quantitative estimate of drug-likeness (QED) is 0.456. The molecule has 0 aromatic carbocycles. The number of rotatable bonds is 6. The summed E-state index contributed by atoms with van der Waals surface area (Å²) in [4.78, 5) is 0. The third-order valence-electron chi connectivity index (χ3n) is 1.08. The molecule has 0 aromatic heterocycles. The van der Waals surface area contributed by atoms with Gasteiger partial charge in [0.15, 0.2) is 0 Å². The highest BCUT2D eigenvalue weighted by Gasteiger charge is 2.27. The van der Waals surface area contributed by atoms with Gasteiger partial charge in [-0.05, 0) is 20.8 Å². The first-order valence-corrected chi connectivity index (χ1v) is 3.96. The predicted molar refractivity (Wildman–Crippen MR) is 47.0 cm³/mol. The minimum absolute atomic E-state index is 0.0369. The van der Waals surface area contributed by atoms with Crippen molar-refractivity contribution >= 4 is 0 Å². The molecule has 3 heteroatoms. The van der Waals surface area contributed by atoms with Gasteiger partial charge < -0.3 is 14.2 Å². The van der Waals surface area contributed by atoms with Gasteiger partial charge in [-0.15, -0.1) is 0 Å². The Morgan fingerprint density at radius 1 is 1.33 bits per heavy atom. The summed E-state index contributed by atoms with van der Waals surface area (Å²) in [5.41, 5.74) is 0. The van der Waals surface area contributed by atoms with Crippen LogP contribution in [-0.4, -0.2) is 12.1 Å². The van der Waals surface area contributed by atoms with Crippen LogP contribution < -0.4 is 0 Å². The van der Waals surface area contributed by atoms with E-state index in [0.29, 0.717) is 0 Å². The maximum absolute atomic E-state index is 5.37. The van der Waals surface area contributed by atoms with Gasteiger partial charge in [-0.25, -0.2) is 0 Å². The highest BCUT2D eigenvalue weighted by Crippen LogP contribution is 2.17. The largest absolute Gasteiger partial charge is 0.448 e. The maximum atomic E-state index is 5.37. The molecular formula is C9H17O3. The van der Waals surface area contributed by atoms with Crippen LogP contribution in [0.15, 0.2) is 12.8 Å². The lowest BCUT2D eigenvalue weighted by Crippen LogP contribution is -2.35. The van der Waals surface area contributed by atoms with Crippen LogP contribution >= 0.6 is 0 Å². The third-order valence-corrected chi connectivity index (χ3v) is 1.08. The standard InChI is InChI=1S/C9H17O3/c1-6-10-9(5,11-7-2)12-8(3)4/h6-8H,1H2,2-5H3. The summed E-state index contributed by atoms with van der Waals surface area (Å²) in [5, 5.41) is 0. The minimum atomic E-state index is -1.05. The minimum Gasteiger partial charge on any atom is -0.448 e. The van der Waals surface area contributed by atoms with Crippen LogP contribution in [0.2, 0.25) is 0 Å². The average molecular weight is 173 g/mol. The fourth-order valence-electron chi connectivity index (χ4n) is 0.877. The second-order valence-corrected chi connectivity index (χ2v) is 2.67. The van der Waals surface area contributed by atoms with Gasteiger partial charge in [-0.3, -0.25) is 0 Å². The number of ether oxygens (including phenoxy) is 3. The van der Waals surface area contributed by atoms with Gasteiger partial charge in [0.25, 0.3) is 0 Å². The fraction of sp³-hybridized carbons (Fsp3) is 0.667. The molecule has 0 fully saturated rings. The zero-order valence-electron chi connectivity index (χ0n) is 8.16. The van der Waals surface area contributed by atoms with E-state index in [9.17, 15) is 0 Å². The molecule has 71 valence electrons. The highest BCUT2D eigenvalue weighted by molar-refractivity contribution is 4.60. The second kappa shape index (κ2) is 5.17. The zero-order chi connectivity index (χ0) is 9.61. The van der Waals surface area contributed by atoms with E-state index < -0.39 is 5.97 Å². The molecular weight excluding hydrogens is 156 g/mol. The van der Waals surface area contributed by atoms with Crippen LogP contribution in [-0.2, 0) is 14.2 Å². The molecule has 0 spiro atoms. The topological polar surface area (TPSA) is 27.7 Å². The SMILES string of the molecule is C=COC(C)(O[CH]C)OC(C)C. The van der Waals surface area contributed by atoms with Gasteiger partial charge >= 0.3 is 5.97 Å². The van der Waals surface area contributed by atoms with Crippen molar-refractivity contribution in [2.24, 2.45) is 0 Å². The van der Waals surface area contributed by atoms with E-state index in [2.05, 4.69) is 6.58 Å². The van der Waals surface area contributed by atoms with E-state index in [1.54, 1.807) is 13.8 Å². The highest BCUT2D eigenvalue weighted by atomic mass is 16.9. The van der Waals surface area contributed by atoms with Crippen LogP contribution in [0.3, 0.4) is 0 Å². The first-order chi connectivity index (χ1) is 5.54. The fourth-order valence-corrected chi connectivity index (χ4v) is 0.877. The van der Waals surface area contributed by atoms with Crippen molar-refractivity contribution < 1.29 is 14.2 Å². The van der Waals surface area contributed by atoms with E-state index >= 15 is 0 Å². The Kier molecular flexibility index (Phi) is 4.93. The predicted octanol–water partition coefficient (Wildman–Crippen LogP) is 2.44. The van der Waals surface area contributed by atoms with Gasteiger partial charge in [-0.1, -0.05) is 6.58 Å². The van der Waals surface area contributed by atoms with Crippen molar-refractivity contribution in [3.05, 3.63) is 19.4 Å². The summed E-state index contributed by atoms with van der Waals surface area (Å²) < 4.78 is 15.6. The molecule has 0 saturated carbocycles. The molecule has 12 heavy (non-hydrogen) atoms. The summed E-state index contributed by atoms with van der Waals surface area (Å²) in [6, 6.07) is 0. The first kappa shape index (κ1) is 11.5. The lowest BCUT2D eigenvalue weighted by Gasteiger charge is -2.29. The van der Waals surface area contributed by atoms with E-state index in [-0.39, 0.29) is 6.10 Å². The van der Waals surface area contributed by atoms with Gasteiger partial charge in [-0.2, -0.15) is 0 Å². The molecule has 1 atom stereocenters. The molecule has 0 aliphatic heterocycles. The molecule has 1 radical (unpaired) electrons. The van der Waals surface area contributed by atoms with E-state index in [4.69, 9.17) is 14.2 Å². The Hall–Kier alpha value is -0.540. The molecule has 3 nitrogen and oxygen atoms in total. The molecule has 0 saturated heterocycles. The average Bonchev–Trinajstić information content (AvgIpc) is 1.85. The smallest absolute Gasteiger partial charge is 0.323 e. The van der Waals surface area contributed by atoms with Crippen LogP contribution in [0.25, 0.3) is 0 Å². The normalized spacial score (nSPS) is 15.8. The van der Waals surface area contributed by atoms with Gasteiger partial charge in [0.1, 0.15) is 0 Å². The molecule has 1 unspecified atom stereocenters. The molecule has 0 rings (SSSR count). The van der Waals surface area contributed by atoms with E-state index in [0.717, 1.165) is 0 Å². The summed E-state index contributed by atoms with van der Waals surface area (Å²) in [7, 11) is 0. The Labute approximate surface area is 74.3 Å². The van der Waals surface area contributed by atoms with Gasteiger partial charge in [0.05, 0.1) is 19.0 Å². The van der Waals surface area contributed by atoms with Crippen LogP contribution in [0.1, 0.15) is 27.7 Å². The Bertz CT molecular complexity index is 134. The van der Waals surface area contributed by atoms with Crippen molar-refractivity contribution in [2.75, 3.05) is 0 Å². The maximum Gasteiger partial charge on any atom is 0.323 e. The zero-order valence-corrected chi connectivity index (χ0v) is 8.16. The lowest BCUT2D eigenvalue weighted by molar-refractivity contribution is -0.348. The summed E-state index contributed by atoms with van der Waals surface area (Å²) in [6.07, 6.45) is 1.33. The first-order valence-electron chi connectivity index (χ1n) is 3.96. The van der Waals surface area contributed by atoms with Gasteiger partial charge in [0.2, 0.25) is 0 Å². The van der Waals surface area contributed by atoms with Crippen molar-refractivity contribution in [2.45, 2.75) is 39.8 Å². The molecule has 0 heterocycles. The Morgan fingerprint density at radius 2 is 1.92 bits per heavy atom. The van der Waals surface area contributed by atoms with Crippen LogP contribution in [0, 0.1) is 6.61 Å². The number of hydrogen-bond donors (Lipinski definition) is 0. The van der Waals surface area contributed by atoms with Crippen LogP contribution in [0.4, 0.5) is 0 Å². The Balaban J connectivity index is 4.06. The Morgan fingerprint density at radius 3 is 2.25 bits per heavy atom. The van der Waals surface area contributed by atoms with Crippen molar-refractivity contribution in [3.63, 3.8) is 0 Å². The van der Waals surface area contributed by atoms with E-state index in [1.807, 2.05) is 13.8 Å². The van der Waals surface area contributed by atoms with Crippen molar-refractivity contribution in [3.8, 4) is 0 Å². The van der Waals surface area contributed by atoms with E-state index in [1.165, 1.54) is 12.9 Å².